The Morgan fingerprint density at radius 3 is 2.54 bits per heavy atom. The summed E-state index contributed by atoms with van der Waals surface area (Å²) in [4.78, 5) is 10.9. The molecule has 74 valence electrons. The zero-order valence-corrected chi connectivity index (χ0v) is 8.52. The quantitative estimate of drug-likeness (QED) is 0.679. The predicted molar refractivity (Wildman–Crippen MR) is 54.4 cm³/mol. The molecule has 1 saturated carbocycles. The number of nitrogens with one attached hydrogen (secondary N) is 1. The molecule has 2 heteroatoms. The largest absolute Gasteiger partial charge is 0.386 e. The van der Waals surface area contributed by atoms with Crippen LogP contribution in [0.4, 0.5) is 0 Å². The van der Waals surface area contributed by atoms with Gasteiger partial charge in [0.2, 0.25) is 0 Å². The maximum atomic E-state index is 10.9. The molecule has 0 radical (unpaired) electrons. The molecule has 1 aliphatic rings. The van der Waals surface area contributed by atoms with Gasteiger partial charge >= 0.3 is 0 Å². The van der Waals surface area contributed by atoms with Crippen molar-refractivity contribution in [3.05, 3.63) is 11.7 Å². The van der Waals surface area contributed by atoms with Gasteiger partial charge in [0.05, 0.1) is 1.37 Å². The van der Waals surface area contributed by atoms with Crippen LogP contribution in [0.25, 0.3) is 0 Å². The summed E-state index contributed by atoms with van der Waals surface area (Å²) in [5.41, 5.74) is 0.726. The molecular formula is C11H19NO. The minimum atomic E-state index is -0.161. The summed E-state index contributed by atoms with van der Waals surface area (Å²) in [6.07, 6.45) is 6.18. The molecule has 0 bridgehead atoms. The standard InChI is InChI=1S/C11H19NO/c1-9(8-10(2)13)12-11-6-4-3-5-7-11/h8,11-12H,3-7H2,1-2H3/b9-8-/i8D. The van der Waals surface area contributed by atoms with Crippen LogP contribution in [0, 0.1) is 0 Å². The normalized spacial score (nSPS) is 21.8. The summed E-state index contributed by atoms with van der Waals surface area (Å²) < 4.78 is 7.52. The van der Waals surface area contributed by atoms with Crippen molar-refractivity contribution in [1.82, 2.24) is 5.32 Å². The van der Waals surface area contributed by atoms with Gasteiger partial charge in [0, 0.05) is 11.7 Å². The predicted octanol–water partition coefficient (Wildman–Crippen LogP) is 2.40. The van der Waals surface area contributed by atoms with Crippen LogP contribution in [0.2, 0.25) is 0 Å². The Hall–Kier alpha value is -0.790. The van der Waals surface area contributed by atoms with E-state index in [4.69, 9.17) is 1.37 Å². The van der Waals surface area contributed by atoms with Crippen LogP contribution in [-0.4, -0.2) is 11.8 Å². The molecule has 0 spiro atoms. The Kier molecular flexibility index (Phi) is 3.42. The Balaban J connectivity index is 2.49. The molecule has 0 amide bonds. The first-order valence-corrected chi connectivity index (χ1v) is 5.06. The van der Waals surface area contributed by atoms with Gasteiger partial charge in [-0.05, 0) is 32.7 Å². The summed E-state index contributed by atoms with van der Waals surface area (Å²) in [6.45, 7) is 3.26. The van der Waals surface area contributed by atoms with Crippen LogP contribution in [0.3, 0.4) is 0 Å². The topological polar surface area (TPSA) is 29.1 Å². The van der Waals surface area contributed by atoms with Crippen molar-refractivity contribution in [1.29, 1.82) is 0 Å². The van der Waals surface area contributed by atoms with Gasteiger partial charge in [-0.1, -0.05) is 19.3 Å². The van der Waals surface area contributed by atoms with E-state index < -0.39 is 0 Å². The van der Waals surface area contributed by atoms with Crippen molar-refractivity contribution in [2.45, 2.75) is 52.0 Å². The lowest BCUT2D eigenvalue weighted by Gasteiger charge is -2.23. The Morgan fingerprint density at radius 1 is 1.38 bits per heavy atom. The number of hydrogen-bond acceptors (Lipinski definition) is 2. The average Bonchev–Trinajstić information content (AvgIpc) is 2.18. The second kappa shape index (κ2) is 5.05. The molecule has 1 fully saturated rings. The van der Waals surface area contributed by atoms with E-state index in [0.29, 0.717) is 6.04 Å². The molecule has 1 N–H and O–H groups in total. The smallest absolute Gasteiger partial charge is 0.154 e. The Morgan fingerprint density at radius 2 is 2.00 bits per heavy atom. The second-order valence-electron chi connectivity index (χ2n) is 3.79. The maximum absolute atomic E-state index is 10.9. The SMILES string of the molecule is [2H]/C(C(C)=O)=C(\C)NC1CCCCC1. The highest BCUT2D eigenvalue weighted by Crippen LogP contribution is 2.18. The van der Waals surface area contributed by atoms with Gasteiger partial charge in [-0.3, -0.25) is 4.79 Å². The van der Waals surface area contributed by atoms with Crippen LogP contribution in [0.5, 0.6) is 0 Å². The van der Waals surface area contributed by atoms with E-state index in [1.165, 1.54) is 39.0 Å². The first-order chi connectivity index (χ1) is 6.61. The fourth-order valence-corrected chi connectivity index (χ4v) is 1.85. The van der Waals surface area contributed by atoms with Gasteiger partial charge in [0.15, 0.2) is 5.78 Å². The monoisotopic (exact) mass is 182 g/mol. The number of carbonyl (C=O) groups excluding carboxylic acids is 1. The van der Waals surface area contributed by atoms with E-state index in [1.54, 1.807) is 0 Å². The van der Waals surface area contributed by atoms with Gasteiger partial charge in [0.25, 0.3) is 0 Å². The van der Waals surface area contributed by atoms with Gasteiger partial charge in [-0.2, -0.15) is 0 Å². The highest BCUT2D eigenvalue weighted by molar-refractivity contribution is 5.87. The van der Waals surface area contributed by atoms with Crippen LogP contribution in [0.15, 0.2) is 11.7 Å². The molecule has 0 aliphatic heterocycles. The van der Waals surface area contributed by atoms with Crippen molar-refractivity contribution in [3.63, 3.8) is 0 Å². The van der Waals surface area contributed by atoms with Gasteiger partial charge < -0.3 is 5.32 Å². The molecule has 13 heavy (non-hydrogen) atoms. The first kappa shape index (κ1) is 8.79. The molecule has 0 atom stereocenters. The van der Waals surface area contributed by atoms with Crippen LogP contribution in [0.1, 0.15) is 47.3 Å². The third-order valence-electron chi connectivity index (χ3n) is 2.39. The Labute approximate surface area is 81.8 Å². The zero-order chi connectivity index (χ0) is 10.6. The molecular weight excluding hydrogens is 162 g/mol. The van der Waals surface area contributed by atoms with Crippen molar-refractivity contribution in [2.24, 2.45) is 0 Å². The summed E-state index contributed by atoms with van der Waals surface area (Å²) >= 11 is 0. The molecule has 2 nitrogen and oxygen atoms in total. The van der Waals surface area contributed by atoms with E-state index in [-0.39, 0.29) is 11.8 Å². The zero-order valence-electron chi connectivity index (χ0n) is 9.52. The molecule has 0 aromatic rings. The van der Waals surface area contributed by atoms with Crippen molar-refractivity contribution >= 4 is 5.78 Å². The lowest BCUT2D eigenvalue weighted by atomic mass is 9.95. The minimum Gasteiger partial charge on any atom is -0.386 e. The molecule has 0 saturated heterocycles. The number of carbonyl (C=O) groups is 1. The van der Waals surface area contributed by atoms with E-state index in [1.807, 2.05) is 6.92 Å². The van der Waals surface area contributed by atoms with Crippen LogP contribution >= 0.6 is 0 Å². The summed E-state index contributed by atoms with van der Waals surface area (Å²) in [5, 5.41) is 3.27. The molecule has 1 aliphatic carbocycles. The molecule has 0 aromatic heterocycles. The van der Waals surface area contributed by atoms with Crippen LogP contribution in [-0.2, 0) is 4.79 Å². The first-order valence-electron chi connectivity index (χ1n) is 5.56. The van der Waals surface area contributed by atoms with E-state index in [0.717, 1.165) is 5.70 Å². The van der Waals surface area contributed by atoms with Crippen molar-refractivity contribution < 1.29 is 6.17 Å². The van der Waals surface area contributed by atoms with Gasteiger partial charge in [-0.15, -0.1) is 0 Å². The van der Waals surface area contributed by atoms with Crippen molar-refractivity contribution in [3.8, 4) is 0 Å². The maximum Gasteiger partial charge on any atom is 0.154 e. The fourth-order valence-electron chi connectivity index (χ4n) is 1.85. The highest BCUT2D eigenvalue weighted by Gasteiger charge is 2.12. The molecule has 0 heterocycles. The molecule has 1 rings (SSSR count). The van der Waals surface area contributed by atoms with Gasteiger partial charge in [-0.25, -0.2) is 0 Å². The molecule has 0 aromatic carbocycles. The number of allylic oxidation sites excluding steroid dienone is 2. The number of rotatable bonds is 3. The van der Waals surface area contributed by atoms with Crippen molar-refractivity contribution in [2.75, 3.05) is 0 Å². The molecule has 0 unspecified atom stereocenters. The Bertz CT molecular complexity index is 242. The second-order valence-corrected chi connectivity index (χ2v) is 3.79. The van der Waals surface area contributed by atoms with E-state index >= 15 is 0 Å². The fraction of sp³-hybridized carbons (Fsp3) is 0.727. The summed E-state index contributed by atoms with van der Waals surface area (Å²) in [6, 6.07) is 0.596. The lowest BCUT2D eigenvalue weighted by Crippen LogP contribution is -2.29. The average molecular weight is 182 g/mol. The summed E-state index contributed by atoms with van der Waals surface area (Å²) in [7, 11) is 0. The van der Waals surface area contributed by atoms with E-state index in [2.05, 4.69) is 5.32 Å². The number of ketones is 1. The minimum absolute atomic E-state index is 0.121. The number of hydrogen-bond donors (Lipinski definition) is 1. The highest BCUT2D eigenvalue weighted by atomic mass is 16.1. The lowest BCUT2D eigenvalue weighted by molar-refractivity contribution is -0.112. The van der Waals surface area contributed by atoms with Crippen LogP contribution < -0.4 is 5.32 Å². The summed E-state index contributed by atoms with van der Waals surface area (Å²) in [5.74, 6) is -0.161. The third-order valence-corrected chi connectivity index (χ3v) is 2.39. The van der Waals surface area contributed by atoms with E-state index in [9.17, 15) is 4.79 Å². The van der Waals surface area contributed by atoms with Gasteiger partial charge in [0.1, 0.15) is 0 Å². The third kappa shape index (κ3) is 4.11.